The van der Waals surface area contributed by atoms with Crippen LogP contribution in [0, 0.1) is 0 Å². The number of anilines is 1. The second kappa shape index (κ2) is 5.83. The number of nitrogen functional groups attached to an aromatic ring is 1. The fourth-order valence-corrected chi connectivity index (χ4v) is 1.16. The molecule has 0 atom stereocenters. The Hall–Kier alpha value is -2.34. The average molecular weight is 258 g/mol. The van der Waals surface area contributed by atoms with Gasteiger partial charge in [0.05, 0.1) is 0 Å². The molecule has 0 fully saturated rings. The normalized spacial score (nSPS) is 11.3. The van der Waals surface area contributed by atoms with Gasteiger partial charge in [-0.3, -0.25) is 0 Å². The first-order valence-corrected chi connectivity index (χ1v) is 4.75. The van der Waals surface area contributed by atoms with Gasteiger partial charge in [-0.05, 0) is 23.7 Å². The predicted molar refractivity (Wildman–Crippen MR) is 60.6 cm³/mol. The molecule has 0 unspecified atom stereocenters. The summed E-state index contributed by atoms with van der Waals surface area (Å²) in [4.78, 5) is 2.52. The number of nitrogens with two attached hydrogens (primary N) is 1. The van der Waals surface area contributed by atoms with Crippen LogP contribution in [0.3, 0.4) is 0 Å². The lowest BCUT2D eigenvalue weighted by atomic mass is 10.1. The Morgan fingerprint density at radius 3 is 2.78 bits per heavy atom. The summed E-state index contributed by atoms with van der Waals surface area (Å²) in [6.07, 6.45) is -1.82. The fourth-order valence-electron chi connectivity index (χ4n) is 1.16. The van der Waals surface area contributed by atoms with Crippen LogP contribution >= 0.6 is 0 Å². The van der Waals surface area contributed by atoms with Crippen molar-refractivity contribution in [2.45, 2.75) is 6.36 Å². The van der Waals surface area contributed by atoms with Gasteiger partial charge in [0.25, 0.3) is 0 Å². The summed E-state index contributed by atoms with van der Waals surface area (Å²) >= 11 is 0. The predicted octanol–water partition coefficient (Wildman–Crippen LogP) is 3.49. The summed E-state index contributed by atoms with van der Waals surface area (Å²) in [7, 11) is 0. The van der Waals surface area contributed by atoms with Gasteiger partial charge in [-0.25, -0.2) is 0 Å². The van der Waals surface area contributed by atoms with Gasteiger partial charge >= 0.3 is 6.36 Å². The van der Waals surface area contributed by atoms with E-state index in [1.54, 1.807) is 0 Å². The van der Waals surface area contributed by atoms with Gasteiger partial charge in [0, 0.05) is 22.7 Å². The molecule has 0 radical (unpaired) electrons. The molecule has 2 N–H and O–H groups in total. The number of benzene rings is 1. The topological polar surface area (TPSA) is 84.0 Å². The standard InChI is InChI=1S/C10H9F3N4O/c11-10(12,13)18-8-3-4-9(14)7(6-8)2-1-5-16-17-15/h1-4,6H,5,14H2. The average Bonchev–Trinajstić information content (AvgIpc) is 2.26. The van der Waals surface area contributed by atoms with Crippen molar-refractivity contribution in [3.8, 4) is 5.75 Å². The van der Waals surface area contributed by atoms with Crippen molar-refractivity contribution in [2.24, 2.45) is 5.11 Å². The number of halogens is 3. The summed E-state index contributed by atoms with van der Waals surface area (Å²) in [5.41, 5.74) is 14.3. The van der Waals surface area contributed by atoms with E-state index in [2.05, 4.69) is 14.8 Å². The molecule has 0 heterocycles. The quantitative estimate of drug-likeness (QED) is 0.388. The van der Waals surface area contributed by atoms with E-state index >= 15 is 0 Å². The number of alkyl halides is 3. The highest BCUT2D eigenvalue weighted by atomic mass is 19.4. The first-order chi connectivity index (χ1) is 8.42. The minimum absolute atomic E-state index is 0.0836. The molecule has 8 heteroatoms. The van der Waals surface area contributed by atoms with Crippen LogP contribution in [0.2, 0.25) is 0 Å². The zero-order valence-electron chi connectivity index (χ0n) is 9.05. The maximum atomic E-state index is 12.0. The lowest BCUT2D eigenvalue weighted by Gasteiger charge is -2.10. The van der Waals surface area contributed by atoms with E-state index in [1.165, 1.54) is 18.2 Å². The van der Waals surface area contributed by atoms with E-state index < -0.39 is 6.36 Å². The third-order valence-corrected chi connectivity index (χ3v) is 1.84. The number of rotatable bonds is 4. The molecule has 0 amide bonds. The maximum absolute atomic E-state index is 12.0. The van der Waals surface area contributed by atoms with Crippen LogP contribution in [-0.2, 0) is 0 Å². The second-order valence-corrected chi connectivity index (χ2v) is 3.15. The first-order valence-electron chi connectivity index (χ1n) is 4.75. The van der Waals surface area contributed by atoms with Crippen LogP contribution in [-0.4, -0.2) is 12.9 Å². The third kappa shape index (κ3) is 4.67. The van der Waals surface area contributed by atoms with Crippen molar-refractivity contribution in [1.29, 1.82) is 0 Å². The Labute approximate surface area is 100 Å². The zero-order valence-corrected chi connectivity index (χ0v) is 9.05. The monoisotopic (exact) mass is 258 g/mol. The zero-order chi connectivity index (χ0) is 13.6. The van der Waals surface area contributed by atoms with Crippen molar-refractivity contribution in [3.05, 3.63) is 40.3 Å². The Balaban J connectivity index is 2.87. The lowest BCUT2D eigenvalue weighted by molar-refractivity contribution is -0.274. The molecule has 0 aliphatic rings. The van der Waals surface area contributed by atoms with Gasteiger partial charge < -0.3 is 10.5 Å². The fraction of sp³-hybridized carbons (Fsp3) is 0.200. The van der Waals surface area contributed by atoms with Crippen LogP contribution in [0.1, 0.15) is 5.56 Å². The molecular formula is C10H9F3N4O. The SMILES string of the molecule is [N-]=[N+]=NCC=Cc1cc(OC(F)(F)F)ccc1N. The summed E-state index contributed by atoms with van der Waals surface area (Å²) in [6.45, 7) is 0.0836. The molecule has 0 aromatic heterocycles. The Morgan fingerprint density at radius 2 is 2.17 bits per heavy atom. The summed E-state index contributed by atoms with van der Waals surface area (Å²) in [6, 6.07) is 3.57. The van der Waals surface area contributed by atoms with E-state index in [-0.39, 0.29) is 12.3 Å². The van der Waals surface area contributed by atoms with Crippen molar-refractivity contribution in [2.75, 3.05) is 12.3 Å². The van der Waals surface area contributed by atoms with E-state index in [1.807, 2.05) is 0 Å². The molecule has 0 aliphatic heterocycles. The summed E-state index contributed by atoms with van der Waals surface area (Å²) in [5, 5.41) is 3.24. The number of azide groups is 1. The van der Waals surface area contributed by atoms with Gasteiger partial charge in [0.2, 0.25) is 0 Å². The van der Waals surface area contributed by atoms with Crippen LogP contribution in [0.5, 0.6) is 5.75 Å². The Morgan fingerprint density at radius 1 is 1.44 bits per heavy atom. The van der Waals surface area contributed by atoms with E-state index in [0.29, 0.717) is 11.3 Å². The maximum Gasteiger partial charge on any atom is 0.573 e. The molecule has 5 nitrogen and oxygen atoms in total. The number of hydrogen-bond acceptors (Lipinski definition) is 3. The van der Waals surface area contributed by atoms with Crippen LogP contribution in [0.4, 0.5) is 18.9 Å². The minimum Gasteiger partial charge on any atom is -0.406 e. The highest BCUT2D eigenvalue weighted by molar-refractivity contribution is 5.66. The minimum atomic E-state index is -4.75. The molecular weight excluding hydrogens is 249 g/mol. The van der Waals surface area contributed by atoms with Crippen molar-refractivity contribution in [1.82, 2.24) is 0 Å². The highest BCUT2D eigenvalue weighted by Gasteiger charge is 2.31. The molecule has 0 saturated heterocycles. The molecule has 0 bridgehead atoms. The lowest BCUT2D eigenvalue weighted by Crippen LogP contribution is -2.17. The summed E-state index contributed by atoms with van der Waals surface area (Å²) < 4.78 is 39.8. The molecule has 96 valence electrons. The number of hydrogen-bond donors (Lipinski definition) is 1. The van der Waals surface area contributed by atoms with Crippen molar-refractivity contribution in [3.63, 3.8) is 0 Å². The summed E-state index contributed by atoms with van der Waals surface area (Å²) in [5.74, 6) is -0.361. The number of nitrogens with zero attached hydrogens (tertiary/aromatic N) is 3. The molecule has 1 rings (SSSR count). The smallest absolute Gasteiger partial charge is 0.406 e. The Kier molecular flexibility index (Phi) is 4.45. The van der Waals surface area contributed by atoms with E-state index in [4.69, 9.17) is 11.3 Å². The van der Waals surface area contributed by atoms with Crippen LogP contribution < -0.4 is 10.5 Å². The van der Waals surface area contributed by atoms with Gasteiger partial charge in [-0.2, -0.15) is 0 Å². The van der Waals surface area contributed by atoms with Gasteiger partial charge in [-0.1, -0.05) is 17.3 Å². The van der Waals surface area contributed by atoms with Crippen molar-refractivity contribution >= 4 is 11.8 Å². The first kappa shape index (κ1) is 13.7. The van der Waals surface area contributed by atoms with Crippen LogP contribution in [0.25, 0.3) is 16.5 Å². The highest BCUT2D eigenvalue weighted by Crippen LogP contribution is 2.26. The Bertz CT molecular complexity index is 492. The molecule has 0 saturated carbocycles. The molecule has 0 spiro atoms. The second-order valence-electron chi connectivity index (χ2n) is 3.15. The molecule has 0 aliphatic carbocycles. The largest absolute Gasteiger partial charge is 0.573 e. The van der Waals surface area contributed by atoms with Gasteiger partial charge in [0.1, 0.15) is 5.75 Å². The van der Waals surface area contributed by atoms with Crippen molar-refractivity contribution < 1.29 is 17.9 Å². The number of ether oxygens (including phenoxy) is 1. The molecule has 18 heavy (non-hydrogen) atoms. The van der Waals surface area contributed by atoms with E-state index in [9.17, 15) is 13.2 Å². The van der Waals surface area contributed by atoms with Gasteiger partial charge in [-0.15, -0.1) is 13.2 Å². The molecule has 1 aromatic rings. The van der Waals surface area contributed by atoms with E-state index in [0.717, 1.165) is 12.1 Å². The van der Waals surface area contributed by atoms with Gasteiger partial charge in [0.15, 0.2) is 0 Å². The third-order valence-electron chi connectivity index (χ3n) is 1.84. The molecule has 1 aromatic carbocycles. The van der Waals surface area contributed by atoms with Crippen LogP contribution in [0.15, 0.2) is 29.4 Å².